The highest BCUT2D eigenvalue weighted by Gasteiger charge is 2.83. The van der Waals surface area contributed by atoms with Gasteiger partial charge in [0.1, 0.15) is 24.4 Å². The molecule has 4 aliphatic carbocycles. The van der Waals surface area contributed by atoms with Crippen LogP contribution >= 0.6 is 23.2 Å². The van der Waals surface area contributed by atoms with E-state index in [1.165, 1.54) is 0 Å². The van der Waals surface area contributed by atoms with Gasteiger partial charge in [0.05, 0.1) is 42.5 Å². The highest BCUT2D eigenvalue weighted by molar-refractivity contribution is 6.35. The standard InChI is InChI=1S/C48H70Cl2N2O11/c1-10-30-12-11-13-38(63-40-15-14-37(52(5)6)25(3)59-40)24(2)41(54)34-21-35-32-19-31(62-46-44(58-9)43(57-8)42(56-7)26(4)60-46)20-33(32)45(55)48(51-29-17-27(49)16-28(50)18-29)23-47(35,48)36(34)22-39(53)61-30/h16-18,21,24-26,30-33,35-38,40,42-46,51,55H,10-15,19-20,22-23H2,1-9H3/t24-,25?,26?,30+,31+,32-,33-,35+,36-,37+,38+,40+,42+,43?,44?,45-,46+,47-,48+/m1/s1. The Labute approximate surface area is 383 Å². The van der Waals surface area contributed by atoms with E-state index in [9.17, 15) is 9.90 Å². The van der Waals surface area contributed by atoms with E-state index in [-0.39, 0.29) is 72.5 Å². The first kappa shape index (κ1) is 47.6. The molecule has 0 aromatic heterocycles. The maximum atomic E-state index is 15.4. The topological polar surface area (TPSA) is 143 Å². The number of aliphatic hydroxyl groups is 1. The van der Waals surface area contributed by atoms with Crippen LogP contribution in [0.3, 0.4) is 0 Å². The van der Waals surface area contributed by atoms with Crippen molar-refractivity contribution in [2.24, 2.45) is 35.0 Å². The quantitative estimate of drug-likeness (QED) is 0.216. The number of rotatable bonds is 11. The number of nitrogens with one attached hydrogen (secondary N) is 1. The van der Waals surface area contributed by atoms with Gasteiger partial charge in [-0.1, -0.05) is 43.1 Å². The third kappa shape index (κ3) is 8.66. The fourth-order valence-corrected chi connectivity index (χ4v) is 13.8. The molecule has 63 heavy (non-hydrogen) atoms. The number of carbonyl (C=O) groups excluding carboxylic acids is 2. The van der Waals surface area contributed by atoms with Crippen molar-refractivity contribution in [3.63, 3.8) is 0 Å². The number of benzene rings is 1. The molecule has 1 aromatic rings. The number of Topliss-reactive ketones (excluding diaryl/α,β-unsaturated/α-hetero) is 1. The predicted molar refractivity (Wildman–Crippen MR) is 237 cm³/mol. The first-order valence-electron chi connectivity index (χ1n) is 23.3. The number of ether oxygens (including phenoxy) is 8. The van der Waals surface area contributed by atoms with Crippen molar-refractivity contribution in [3.05, 3.63) is 39.9 Å². The number of fused-ring (bicyclic) bond motifs is 3. The van der Waals surface area contributed by atoms with Gasteiger partial charge in [-0.05, 0) is 127 Å². The number of halogens is 2. The zero-order valence-corrected chi connectivity index (χ0v) is 39.9. The van der Waals surface area contributed by atoms with Gasteiger partial charge in [-0.2, -0.15) is 0 Å². The largest absolute Gasteiger partial charge is 0.462 e. The molecule has 0 radical (unpaired) electrons. The number of anilines is 1. The second kappa shape index (κ2) is 19.0. The summed E-state index contributed by atoms with van der Waals surface area (Å²) in [4.78, 5) is 31.7. The molecule has 19 atom stereocenters. The Bertz CT molecular complexity index is 1830. The van der Waals surface area contributed by atoms with Gasteiger partial charge in [0.2, 0.25) is 0 Å². The summed E-state index contributed by atoms with van der Waals surface area (Å²) in [5.74, 6) is -1.83. The molecule has 3 saturated heterocycles. The summed E-state index contributed by atoms with van der Waals surface area (Å²) in [6.45, 7) is 8.04. The Balaban J connectivity index is 1.15. The van der Waals surface area contributed by atoms with Gasteiger partial charge in [0, 0.05) is 60.4 Å². The van der Waals surface area contributed by atoms with E-state index < -0.39 is 59.8 Å². The lowest BCUT2D eigenvalue weighted by molar-refractivity contribution is -0.314. The molecule has 3 aliphatic heterocycles. The second-order valence-corrected chi connectivity index (χ2v) is 20.7. The number of esters is 1. The normalized spacial score (nSPS) is 45.2. The van der Waals surface area contributed by atoms with E-state index in [2.05, 4.69) is 37.3 Å². The first-order chi connectivity index (χ1) is 30.1. The van der Waals surface area contributed by atoms with Gasteiger partial charge < -0.3 is 53.2 Å². The molecule has 3 saturated carbocycles. The zero-order chi connectivity index (χ0) is 45.1. The van der Waals surface area contributed by atoms with Gasteiger partial charge in [0.15, 0.2) is 18.4 Å². The number of aliphatic hydroxyl groups excluding tert-OH is 1. The number of cyclic esters (lactones) is 1. The third-order valence-electron chi connectivity index (χ3n) is 16.3. The molecule has 1 aromatic carbocycles. The van der Waals surface area contributed by atoms with Crippen molar-refractivity contribution in [2.45, 2.75) is 171 Å². The second-order valence-electron chi connectivity index (χ2n) is 19.8. The molecule has 13 nitrogen and oxygen atoms in total. The summed E-state index contributed by atoms with van der Waals surface area (Å²) in [6.07, 6.45) is 3.57. The summed E-state index contributed by atoms with van der Waals surface area (Å²) < 4.78 is 50.4. The Kier molecular flexibility index (Phi) is 14.4. The molecule has 352 valence electrons. The van der Waals surface area contributed by atoms with Crippen LogP contribution in [0, 0.1) is 35.0 Å². The molecule has 4 unspecified atom stereocenters. The number of allylic oxidation sites excluding steroid dienone is 2. The van der Waals surface area contributed by atoms with Crippen LogP contribution in [0.2, 0.25) is 10.0 Å². The van der Waals surface area contributed by atoms with Crippen LogP contribution in [0.25, 0.3) is 0 Å². The van der Waals surface area contributed by atoms with Crippen molar-refractivity contribution in [1.82, 2.24) is 4.90 Å². The molecule has 15 heteroatoms. The zero-order valence-electron chi connectivity index (χ0n) is 38.4. The van der Waals surface area contributed by atoms with Crippen LogP contribution in [-0.2, 0) is 47.5 Å². The number of carbonyl (C=O) groups is 2. The third-order valence-corrected chi connectivity index (χ3v) is 16.7. The summed E-state index contributed by atoms with van der Waals surface area (Å²) >= 11 is 13.1. The van der Waals surface area contributed by atoms with Crippen LogP contribution in [-0.4, -0.2) is 136 Å². The summed E-state index contributed by atoms with van der Waals surface area (Å²) in [5, 5.41) is 17.6. The van der Waals surface area contributed by atoms with E-state index in [0.29, 0.717) is 59.8 Å². The van der Waals surface area contributed by atoms with Crippen LogP contribution in [0.4, 0.5) is 5.69 Å². The van der Waals surface area contributed by atoms with Crippen molar-refractivity contribution in [1.29, 1.82) is 0 Å². The minimum atomic E-state index is -0.918. The average molecular weight is 922 g/mol. The summed E-state index contributed by atoms with van der Waals surface area (Å²) in [7, 11) is 9.02. The summed E-state index contributed by atoms with van der Waals surface area (Å²) in [6, 6.07) is 5.58. The Morgan fingerprint density at radius 3 is 2.22 bits per heavy atom. The van der Waals surface area contributed by atoms with Gasteiger partial charge in [-0.3, -0.25) is 9.59 Å². The molecule has 1 spiro atoms. The molecule has 0 amide bonds. The number of methoxy groups -OCH3 is 3. The molecular formula is C48H70Cl2N2O11. The van der Waals surface area contributed by atoms with Gasteiger partial charge in [-0.25, -0.2) is 0 Å². The smallest absolute Gasteiger partial charge is 0.306 e. The van der Waals surface area contributed by atoms with Gasteiger partial charge >= 0.3 is 5.97 Å². The molecule has 7 aliphatic rings. The lowest BCUT2D eigenvalue weighted by Gasteiger charge is -2.47. The van der Waals surface area contributed by atoms with Crippen LogP contribution in [0.1, 0.15) is 91.9 Å². The number of ketones is 1. The van der Waals surface area contributed by atoms with Gasteiger partial charge in [-0.15, -0.1) is 0 Å². The highest BCUT2D eigenvalue weighted by atomic mass is 35.5. The average Bonchev–Trinajstić information content (AvgIpc) is 3.55. The van der Waals surface area contributed by atoms with Crippen molar-refractivity contribution < 1.29 is 52.6 Å². The predicted octanol–water partition coefficient (Wildman–Crippen LogP) is 7.22. The highest BCUT2D eigenvalue weighted by Crippen LogP contribution is 2.79. The monoisotopic (exact) mass is 920 g/mol. The maximum absolute atomic E-state index is 15.4. The van der Waals surface area contributed by atoms with E-state index in [1.807, 2.05) is 32.9 Å². The molecule has 0 bridgehead atoms. The molecule has 3 heterocycles. The fraction of sp³-hybridized carbons (Fsp3) is 0.792. The van der Waals surface area contributed by atoms with E-state index in [0.717, 1.165) is 19.3 Å². The number of hydrogen-bond donors (Lipinski definition) is 2. The van der Waals surface area contributed by atoms with Crippen LogP contribution < -0.4 is 5.32 Å². The van der Waals surface area contributed by atoms with Crippen molar-refractivity contribution in [3.8, 4) is 0 Å². The van der Waals surface area contributed by atoms with E-state index in [4.69, 9.17) is 61.1 Å². The minimum absolute atomic E-state index is 0.0180. The minimum Gasteiger partial charge on any atom is -0.462 e. The Hall–Kier alpha value is -1.88. The molecule has 8 rings (SSSR count). The van der Waals surface area contributed by atoms with Crippen LogP contribution in [0.15, 0.2) is 29.8 Å². The van der Waals surface area contributed by atoms with E-state index >= 15 is 4.79 Å². The van der Waals surface area contributed by atoms with E-state index in [1.54, 1.807) is 27.4 Å². The van der Waals surface area contributed by atoms with Gasteiger partial charge in [0.25, 0.3) is 0 Å². The molecule has 6 fully saturated rings. The number of likely N-dealkylation sites (N-methyl/N-ethyl adjacent to an activating group) is 1. The van der Waals surface area contributed by atoms with Crippen molar-refractivity contribution in [2.75, 3.05) is 40.7 Å². The van der Waals surface area contributed by atoms with Crippen molar-refractivity contribution >= 4 is 40.6 Å². The summed E-state index contributed by atoms with van der Waals surface area (Å²) in [5.41, 5.74) is -0.332. The number of nitrogens with zero attached hydrogens (tertiary/aromatic N) is 1. The SMILES string of the molecule is CC[C@H]1CCC[C@H](O[C@H]2CC[C@H](N(C)C)C(C)O2)[C@@H](C)C(=O)C2=C[C@H]3[C@@H]4C[C@H](O[C@@H]5OC(C)[C@H](OC)C(OC)C5OC)C[C@H]4[C@@H](O)[C@@]4(Nc5cc(Cl)cc(Cl)c5)C[C@]34[C@@H]2CC(=O)O1. The Morgan fingerprint density at radius 1 is 0.873 bits per heavy atom. The number of hydrogen-bond acceptors (Lipinski definition) is 13. The molecule has 2 N–H and O–H groups in total. The Morgan fingerprint density at radius 2 is 1.57 bits per heavy atom. The molecular weight excluding hydrogens is 851 g/mol. The maximum Gasteiger partial charge on any atom is 0.306 e. The lowest BCUT2D eigenvalue weighted by Crippen LogP contribution is -2.59. The first-order valence-corrected chi connectivity index (χ1v) is 24.1. The lowest BCUT2D eigenvalue weighted by atomic mass is 9.62. The fourth-order valence-electron chi connectivity index (χ4n) is 13.3. The van der Waals surface area contributed by atoms with Crippen LogP contribution in [0.5, 0.6) is 0 Å².